The summed E-state index contributed by atoms with van der Waals surface area (Å²) in [4.78, 5) is 56.3. The average molecular weight is 509 g/mol. The van der Waals surface area contributed by atoms with E-state index in [1.54, 1.807) is 0 Å². The van der Waals surface area contributed by atoms with Gasteiger partial charge in [0.2, 0.25) is 11.8 Å². The van der Waals surface area contributed by atoms with E-state index in [0.29, 0.717) is 35.5 Å². The Morgan fingerprint density at radius 3 is 2.55 bits per heavy atom. The summed E-state index contributed by atoms with van der Waals surface area (Å²) in [5.41, 5.74) is 0.623. The van der Waals surface area contributed by atoms with Crippen LogP contribution in [0.15, 0.2) is 66.7 Å². The Bertz CT molecular complexity index is 1600. The molecule has 4 heterocycles. The molecular weight excluding hydrogens is 484 g/mol. The van der Waals surface area contributed by atoms with Gasteiger partial charge in [-0.3, -0.25) is 29.4 Å². The van der Waals surface area contributed by atoms with Crippen LogP contribution in [0.25, 0.3) is 0 Å². The first kappa shape index (κ1) is 22.8. The molecule has 0 radical (unpaired) electrons. The molecule has 4 atom stereocenters. The lowest BCUT2D eigenvalue weighted by molar-refractivity contribution is -0.384. The number of benzene rings is 3. The zero-order valence-electron chi connectivity index (χ0n) is 20.6. The molecule has 0 saturated carbocycles. The number of para-hydroxylation sites is 1. The highest BCUT2D eigenvalue weighted by Crippen LogP contribution is 2.66. The lowest BCUT2D eigenvalue weighted by atomic mass is 9.60. The zero-order valence-corrected chi connectivity index (χ0v) is 20.6. The number of anilines is 2. The number of nitrogens with zero attached hydrogens (tertiary/aromatic N) is 2. The molecule has 2 spiro atoms. The summed E-state index contributed by atoms with van der Waals surface area (Å²) in [5.74, 6) is -2.26. The number of Topliss-reactive ketones (excluding diaryl/α,β-unsaturated/α-hetero) is 1. The van der Waals surface area contributed by atoms with Crippen LogP contribution in [0.1, 0.15) is 39.9 Å². The summed E-state index contributed by atoms with van der Waals surface area (Å²) in [5, 5.41) is 17.6. The molecule has 0 bridgehead atoms. The van der Waals surface area contributed by atoms with E-state index in [9.17, 15) is 24.5 Å². The fourth-order valence-corrected chi connectivity index (χ4v) is 7.60. The van der Waals surface area contributed by atoms with Gasteiger partial charge in [0.1, 0.15) is 11.0 Å². The monoisotopic (exact) mass is 508 g/mol. The standard InChI is InChI=1S/C29H24N4O5/c1-16-11-12-22-20(14-16)29(27(36)31-22)25(24(34)17-6-4-7-18(15-17)33(37)38)28(23-10-5-13-32(23)29)19-8-2-3-9-21(19)30-26(28)35/h2-4,6-9,11-12,14-15,23,25H,5,10,13H2,1H3,(H,30,35)(H,31,36)/t23-,25+,28+,29-/m1/s1. The molecule has 0 aliphatic carbocycles. The number of hydrogen-bond donors (Lipinski definition) is 2. The molecule has 9 nitrogen and oxygen atoms in total. The molecule has 3 aromatic carbocycles. The molecule has 0 unspecified atom stereocenters. The van der Waals surface area contributed by atoms with E-state index in [-0.39, 0.29) is 23.1 Å². The van der Waals surface area contributed by atoms with Crippen LogP contribution in [-0.2, 0) is 20.5 Å². The number of nitro groups is 1. The van der Waals surface area contributed by atoms with Crippen molar-refractivity contribution in [3.8, 4) is 0 Å². The van der Waals surface area contributed by atoms with Gasteiger partial charge < -0.3 is 10.6 Å². The third kappa shape index (κ3) is 2.56. The summed E-state index contributed by atoms with van der Waals surface area (Å²) in [7, 11) is 0. The predicted molar refractivity (Wildman–Crippen MR) is 139 cm³/mol. The fraction of sp³-hybridized carbons (Fsp3) is 0.276. The van der Waals surface area contributed by atoms with Crippen LogP contribution in [0.4, 0.5) is 17.1 Å². The largest absolute Gasteiger partial charge is 0.325 e. The molecule has 4 aliphatic rings. The number of nitrogens with one attached hydrogen (secondary N) is 2. The highest BCUT2D eigenvalue weighted by Gasteiger charge is 2.78. The first-order valence-electron chi connectivity index (χ1n) is 12.7. The van der Waals surface area contributed by atoms with E-state index >= 15 is 0 Å². The van der Waals surface area contributed by atoms with Gasteiger partial charge in [0.15, 0.2) is 5.78 Å². The number of aryl methyl sites for hydroxylation is 1. The Kier molecular flexibility index (Phi) is 4.55. The van der Waals surface area contributed by atoms with Gasteiger partial charge in [0.05, 0.1) is 10.8 Å². The maximum absolute atomic E-state index is 14.8. The minimum absolute atomic E-state index is 0.107. The number of non-ortho nitro benzene ring substituents is 1. The van der Waals surface area contributed by atoms with E-state index in [4.69, 9.17) is 0 Å². The van der Waals surface area contributed by atoms with Crippen LogP contribution >= 0.6 is 0 Å². The molecule has 4 aliphatic heterocycles. The van der Waals surface area contributed by atoms with Gasteiger partial charge in [0, 0.05) is 40.7 Å². The first-order chi connectivity index (χ1) is 18.3. The van der Waals surface area contributed by atoms with E-state index < -0.39 is 33.6 Å². The van der Waals surface area contributed by atoms with E-state index in [1.165, 1.54) is 24.3 Å². The van der Waals surface area contributed by atoms with Crippen molar-refractivity contribution in [2.45, 2.75) is 36.8 Å². The smallest absolute Gasteiger partial charge is 0.270 e. The molecule has 2 fully saturated rings. The van der Waals surface area contributed by atoms with Crippen LogP contribution in [0.3, 0.4) is 0 Å². The Morgan fingerprint density at radius 1 is 0.974 bits per heavy atom. The number of hydrogen-bond acceptors (Lipinski definition) is 6. The Hall–Kier alpha value is -4.37. The number of amides is 2. The second kappa shape index (κ2) is 7.58. The number of rotatable bonds is 3. The minimum Gasteiger partial charge on any atom is -0.325 e. The second-order valence-electron chi connectivity index (χ2n) is 10.6. The van der Waals surface area contributed by atoms with Gasteiger partial charge in [-0.15, -0.1) is 0 Å². The van der Waals surface area contributed by atoms with E-state index in [2.05, 4.69) is 15.5 Å². The van der Waals surface area contributed by atoms with Crippen LogP contribution in [0.5, 0.6) is 0 Å². The maximum atomic E-state index is 14.8. The van der Waals surface area contributed by atoms with E-state index in [0.717, 1.165) is 12.0 Å². The quantitative estimate of drug-likeness (QED) is 0.314. The number of nitro benzene ring substituents is 1. The number of fused-ring (bicyclic) bond motifs is 7. The number of carbonyl (C=O) groups excluding carboxylic acids is 3. The van der Waals surface area contributed by atoms with E-state index in [1.807, 2.05) is 49.4 Å². The molecule has 9 heteroatoms. The highest BCUT2D eigenvalue weighted by atomic mass is 16.6. The number of carbonyl (C=O) groups is 3. The summed E-state index contributed by atoms with van der Waals surface area (Å²) in [6.45, 7) is 2.47. The topological polar surface area (TPSA) is 122 Å². The van der Waals surface area contributed by atoms with Gasteiger partial charge in [-0.2, -0.15) is 0 Å². The molecule has 2 saturated heterocycles. The Labute approximate surface area is 218 Å². The predicted octanol–water partition coefficient (Wildman–Crippen LogP) is 3.92. The van der Waals surface area contributed by atoms with Crippen LogP contribution in [0, 0.1) is 23.0 Å². The van der Waals surface area contributed by atoms with Gasteiger partial charge in [-0.05, 0) is 44.0 Å². The second-order valence-corrected chi connectivity index (χ2v) is 10.6. The van der Waals surface area contributed by atoms with Crippen molar-refractivity contribution in [1.82, 2.24) is 4.90 Å². The zero-order chi connectivity index (χ0) is 26.4. The lowest BCUT2D eigenvalue weighted by Crippen LogP contribution is -2.55. The molecule has 38 heavy (non-hydrogen) atoms. The lowest BCUT2D eigenvalue weighted by Gasteiger charge is -2.38. The summed E-state index contributed by atoms with van der Waals surface area (Å²) in [6, 6.07) is 18.2. The molecule has 190 valence electrons. The van der Waals surface area contributed by atoms with Gasteiger partial charge in [0.25, 0.3) is 5.69 Å². The van der Waals surface area contributed by atoms with Crippen LogP contribution in [-0.4, -0.2) is 40.0 Å². The van der Waals surface area contributed by atoms with Gasteiger partial charge in [-0.1, -0.05) is 48.0 Å². The normalized spacial score (nSPS) is 28.8. The van der Waals surface area contributed by atoms with Crippen molar-refractivity contribution in [3.63, 3.8) is 0 Å². The highest BCUT2D eigenvalue weighted by molar-refractivity contribution is 6.18. The van der Waals surface area contributed by atoms with Crippen molar-refractivity contribution in [2.75, 3.05) is 17.2 Å². The SMILES string of the molecule is Cc1ccc2c(c1)[C@]1(C(=O)N2)[C@@H](C(=O)c2cccc([N+](=O)[O-])c2)[C@@]2(C(=O)Nc3ccccc32)[C@H]2CCCN21. The third-order valence-corrected chi connectivity index (χ3v) is 8.88. The average Bonchev–Trinajstić information content (AvgIpc) is 3.63. The van der Waals surface area contributed by atoms with Crippen molar-refractivity contribution in [2.24, 2.45) is 5.92 Å². The first-order valence-corrected chi connectivity index (χ1v) is 12.7. The van der Waals surface area contributed by atoms with Crippen molar-refractivity contribution < 1.29 is 19.3 Å². The third-order valence-electron chi connectivity index (χ3n) is 8.88. The Balaban J connectivity index is 1.58. The van der Waals surface area contributed by atoms with Gasteiger partial charge in [-0.25, -0.2) is 0 Å². The number of ketones is 1. The van der Waals surface area contributed by atoms with Gasteiger partial charge >= 0.3 is 0 Å². The summed E-state index contributed by atoms with van der Waals surface area (Å²) < 4.78 is 0. The maximum Gasteiger partial charge on any atom is 0.270 e. The molecular formula is C29H24N4O5. The molecule has 0 aromatic heterocycles. The fourth-order valence-electron chi connectivity index (χ4n) is 7.60. The van der Waals surface area contributed by atoms with Crippen molar-refractivity contribution in [3.05, 3.63) is 99.1 Å². The molecule has 2 amide bonds. The minimum atomic E-state index is -1.45. The molecule has 7 rings (SSSR count). The van der Waals surface area contributed by atoms with Crippen molar-refractivity contribution >= 4 is 34.7 Å². The van der Waals surface area contributed by atoms with Crippen LogP contribution < -0.4 is 10.6 Å². The summed E-state index contributed by atoms with van der Waals surface area (Å²) >= 11 is 0. The summed E-state index contributed by atoms with van der Waals surface area (Å²) in [6.07, 6.45) is 1.41. The molecule has 2 N–H and O–H groups in total. The Morgan fingerprint density at radius 2 is 1.74 bits per heavy atom. The van der Waals surface area contributed by atoms with Crippen LogP contribution in [0.2, 0.25) is 0 Å². The molecule has 3 aromatic rings. The van der Waals surface area contributed by atoms with Crippen molar-refractivity contribution in [1.29, 1.82) is 0 Å².